The molecule has 1 aromatic heterocycles. The Kier molecular flexibility index (Phi) is 5.80. The Bertz CT molecular complexity index is 1150. The minimum atomic E-state index is -0.342. The molecule has 0 saturated carbocycles. The highest BCUT2D eigenvalue weighted by Crippen LogP contribution is 2.34. The van der Waals surface area contributed by atoms with Gasteiger partial charge in [-0.3, -0.25) is 9.59 Å². The Morgan fingerprint density at radius 1 is 1.19 bits per heavy atom. The molecule has 31 heavy (non-hydrogen) atoms. The maximum atomic E-state index is 12.9. The number of benzene rings is 2. The normalized spacial score (nSPS) is 16.1. The smallest absolute Gasteiger partial charge is 0.223 e. The number of para-hydroxylation sites is 1. The Hall–Kier alpha value is -3.54. The molecular weight excluding hydrogens is 392 g/mol. The zero-order valence-electron chi connectivity index (χ0n) is 17.9. The summed E-state index contributed by atoms with van der Waals surface area (Å²) in [6, 6.07) is 14.8. The summed E-state index contributed by atoms with van der Waals surface area (Å²) in [6.45, 7) is 5.86. The lowest BCUT2D eigenvalue weighted by Gasteiger charge is -2.32. The van der Waals surface area contributed by atoms with E-state index in [1.165, 1.54) is 6.92 Å². The topological polar surface area (TPSA) is 71.8 Å². The molecular formula is C25H26N2O4. The number of ether oxygens (including phenoxy) is 1. The van der Waals surface area contributed by atoms with Gasteiger partial charge in [0, 0.05) is 18.5 Å². The molecule has 160 valence electrons. The molecule has 6 heteroatoms. The van der Waals surface area contributed by atoms with E-state index in [4.69, 9.17) is 9.15 Å². The predicted molar refractivity (Wildman–Crippen MR) is 119 cm³/mol. The zero-order valence-corrected chi connectivity index (χ0v) is 17.9. The third kappa shape index (κ3) is 4.19. The SMILES string of the molecule is CCOc1cccc2cc(C(C)NC(=O)CC3c4ccccc4C=CN3C(C)=O)oc12. The van der Waals surface area contributed by atoms with Gasteiger partial charge in [0.2, 0.25) is 11.8 Å². The van der Waals surface area contributed by atoms with Gasteiger partial charge in [-0.15, -0.1) is 0 Å². The van der Waals surface area contributed by atoms with Crippen molar-refractivity contribution in [3.05, 3.63) is 71.6 Å². The van der Waals surface area contributed by atoms with Gasteiger partial charge in [-0.2, -0.15) is 0 Å². The molecule has 0 bridgehead atoms. The third-order valence-electron chi connectivity index (χ3n) is 5.48. The van der Waals surface area contributed by atoms with E-state index in [9.17, 15) is 9.59 Å². The summed E-state index contributed by atoms with van der Waals surface area (Å²) < 4.78 is 11.6. The van der Waals surface area contributed by atoms with Crippen molar-refractivity contribution in [3.8, 4) is 5.75 Å². The van der Waals surface area contributed by atoms with Crippen molar-refractivity contribution in [2.24, 2.45) is 0 Å². The van der Waals surface area contributed by atoms with Crippen LogP contribution < -0.4 is 10.1 Å². The molecule has 1 N–H and O–H groups in total. The Balaban J connectivity index is 1.51. The van der Waals surface area contributed by atoms with Crippen LogP contribution in [0.3, 0.4) is 0 Å². The van der Waals surface area contributed by atoms with Crippen LogP contribution in [-0.4, -0.2) is 23.3 Å². The summed E-state index contributed by atoms with van der Waals surface area (Å²) in [4.78, 5) is 26.7. The fraction of sp³-hybridized carbons (Fsp3) is 0.280. The minimum Gasteiger partial charge on any atom is -0.490 e. The molecule has 0 radical (unpaired) electrons. The Morgan fingerprint density at radius 3 is 2.77 bits per heavy atom. The first-order valence-electron chi connectivity index (χ1n) is 10.5. The van der Waals surface area contributed by atoms with Crippen LogP contribution in [0.4, 0.5) is 0 Å². The van der Waals surface area contributed by atoms with Crippen molar-refractivity contribution in [2.75, 3.05) is 6.61 Å². The lowest BCUT2D eigenvalue weighted by atomic mass is 9.93. The number of hydrogen-bond acceptors (Lipinski definition) is 4. The van der Waals surface area contributed by atoms with Gasteiger partial charge in [0.25, 0.3) is 0 Å². The summed E-state index contributed by atoms with van der Waals surface area (Å²) in [5, 5.41) is 3.94. The number of rotatable bonds is 6. The van der Waals surface area contributed by atoms with Crippen molar-refractivity contribution in [1.82, 2.24) is 10.2 Å². The largest absolute Gasteiger partial charge is 0.490 e. The first kappa shape index (κ1) is 20.7. The first-order chi connectivity index (χ1) is 15.0. The summed E-state index contributed by atoms with van der Waals surface area (Å²) in [5.41, 5.74) is 2.66. The first-order valence-corrected chi connectivity index (χ1v) is 10.5. The van der Waals surface area contributed by atoms with Crippen LogP contribution in [0.2, 0.25) is 0 Å². The average Bonchev–Trinajstić information content (AvgIpc) is 3.19. The van der Waals surface area contributed by atoms with Crippen molar-refractivity contribution in [1.29, 1.82) is 0 Å². The minimum absolute atomic E-state index is 0.0997. The van der Waals surface area contributed by atoms with Gasteiger partial charge >= 0.3 is 0 Å². The molecule has 6 nitrogen and oxygen atoms in total. The van der Waals surface area contributed by atoms with Gasteiger partial charge in [-0.05, 0) is 43.2 Å². The van der Waals surface area contributed by atoms with Crippen LogP contribution in [0.5, 0.6) is 5.75 Å². The Labute approximate surface area is 181 Å². The number of fused-ring (bicyclic) bond motifs is 2. The second-order valence-electron chi connectivity index (χ2n) is 7.64. The van der Waals surface area contributed by atoms with Gasteiger partial charge in [0.05, 0.1) is 25.1 Å². The van der Waals surface area contributed by atoms with Crippen molar-refractivity contribution < 1.29 is 18.7 Å². The molecule has 0 saturated heterocycles. The molecule has 1 aliphatic heterocycles. The number of carbonyl (C=O) groups is 2. The third-order valence-corrected chi connectivity index (χ3v) is 5.48. The molecule has 1 aliphatic rings. The van der Waals surface area contributed by atoms with Crippen LogP contribution in [-0.2, 0) is 9.59 Å². The summed E-state index contributed by atoms with van der Waals surface area (Å²) in [7, 11) is 0. The van der Waals surface area contributed by atoms with Crippen molar-refractivity contribution in [2.45, 2.75) is 39.3 Å². The summed E-state index contributed by atoms with van der Waals surface area (Å²) in [5.74, 6) is 1.09. The van der Waals surface area contributed by atoms with Crippen LogP contribution in [0.1, 0.15) is 56.2 Å². The van der Waals surface area contributed by atoms with E-state index in [0.717, 1.165) is 16.5 Å². The van der Waals surface area contributed by atoms with E-state index in [1.54, 1.807) is 11.1 Å². The average molecular weight is 418 g/mol. The standard InChI is InChI=1S/C25H26N2O4/c1-4-30-22-11-7-9-19-14-23(31-25(19)22)16(2)26-24(29)15-21-20-10-6-5-8-18(20)12-13-27(21)17(3)28/h5-14,16,21H,4,15H2,1-3H3,(H,26,29). The molecule has 2 atom stereocenters. The van der Waals surface area contributed by atoms with E-state index in [0.29, 0.717) is 23.7 Å². The summed E-state index contributed by atoms with van der Waals surface area (Å²) >= 11 is 0. The van der Waals surface area contributed by atoms with Gasteiger partial charge < -0.3 is 19.4 Å². The van der Waals surface area contributed by atoms with E-state index >= 15 is 0 Å². The number of amides is 2. The molecule has 3 aromatic rings. The van der Waals surface area contributed by atoms with Gasteiger partial charge in [0.1, 0.15) is 5.76 Å². The maximum absolute atomic E-state index is 12.9. The predicted octanol–water partition coefficient (Wildman–Crippen LogP) is 4.97. The number of nitrogens with zero attached hydrogens (tertiary/aromatic N) is 1. The van der Waals surface area contributed by atoms with Gasteiger partial charge in [0.15, 0.2) is 11.3 Å². The van der Waals surface area contributed by atoms with Crippen LogP contribution in [0, 0.1) is 0 Å². The molecule has 0 aliphatic carbocycles. The molecule has 4 rings (SSSR count). The fourth-order valence-corrected chi connectivity index (χ4v) is 4.00. The van der Waals surface area contributed by atoms with Gasteiger partial charge in [-0.1, -0.05) is 36.4 Å². The van der Waals surface area contributed by atoms with Crippen LogP contribution in [0.25, 0.3) is 17.0 Å². The second-order valence-corrected chi connectivity index (χ2v) is 7.64. The highest BCUT2D eigenvalue weighted by molar-refractivity contribution is 5.84. The van der Waals surface area contributed by atoms with E-state index in [1.807, 2.05) is 68.5 Å². The van der Waals surface area contributed by atoms with Crippen molar-refractivity contribution >= 4 is 28.9 Å². The zero-order chi connectivity index (χ0) is 22.0. The fourth-order valence-electron chi connectivity index (χ4n) is 4.00. The number of nitrogens with one attached hydrogen (secondary N) is 1. The van der Waals surface area contributed by atoms with Crippen LogP contribution in [0.15, 0.2) is 59.1 Å². The summed E-state index contributed by atoms with van der Waals surface area (Å²) in [6.07, 6.45) is 3.81. The van der Waals surface area contributed by atoms with Gasteiger partial charge in [-0.25, -0.2) is 0 Å². The number of hydrogen-bond donors (Lipinski definition) is 1. The maximum Gasteiger partial charge on any atom is 0.223 e. The van der Waals surface area contributed by atoms with E-state index in [2.05, 4.69) is 5.32 Å². The number of furan rings is 1. The molecule has 0 fully saturated rings. The monoisotopic (exact) mass is 418 g/mol. The Morgan fingerprint density at radius 2 is 2.00 bits per heavy atom. The number of carbonyl (C=O) groups excluding carboxylic acids is 2. The lowest BCUT2D eigenvalue weighted by Crippen LogP contribution is -2.35. The van der Waals surface area contributed by atoms with E-state index < -0.39 is 0 Å². The quantitative estimate of drug-likeness (QED) is 0.613. The van der Waals surface area contributed by atoms with E-state index in [-0.39, 0.29) is 30.3 Å². The molecule has 2 heterocycles. The molecule has 2 aromatic carbocycles. The van der Waals surface area contributed by atoms with Crippen molar-refractivity contribution in [3.63, 3.8) is 0 Å². The lowest BCUT2D eigenvalue weighted by molar-refractivity contribution is -0.130. The molecule has 2 amide bonds. The second kappa shape index (κ2) is 8.68. The highest BCUT2D eigenvalue weighted by Gasteiger charge is 2.29. The van der Waals surface area contributed by atoms with Crippen LogP contribution >= 0.6 is 0 Å². The molecule has 2 unspecified atom stereocenters. The molecule has 0 spiro atoms. The highest BCUT2D eigenvalue weighted by atomic mass is 16.5.